The number of carbonyl (C=O) groups excluding carboxylic acids is 1. The van der Waals surface area contributed by atoms with E-state index >= 15 is 0 Å². The van der Waals surface area contributed by atoms with Gasteiger partial charge in [-0.1, -0.05) is 29.8 Å². The first-order chi connectivity index (χ1) is 12.7. The van der Waals surface area contributed by atoms with Crippen LogP contribution in [0.2, 0.25) is 0 Å². The van der Waals surface area contributed by atoms with Gasteiger partial charge < -0.3 is 9.64 Å². The van der Waals surface area contributed by atoms with Gasteiger partial charge in [0.2, 0.25) is 0 Å². The number of hydrogen-bond donors (Lipinski definition) is 0. The van der Waals surface area contributed by atoms with E-state index in [1.54, 1.807) is 11.3 Å². The summed E-state index contributed by atoms with van der Waals surface area (Å²) in [7, 11) is 0. The molecule has 1 atom stereocenters. The number of nitrogens with zero attached hydrogens (tertiary/aromatic N) is 2. The molecule has 2 aliphatic rings. The Morgan fingerprint density at radius 2 is 1.92 bits per heavy atom. The summed E-state index contributed by atoms with van der Waals surface area (Å²) in [6.07, 6.45) is 2.75. The Morgan fingerprint density at radius 1 is 1.15 bits per heavy atom. The van der Waals surface area contributed by atoms with Crippen LogP contribution < -0.4 is 0 Å². The molecule has 4 nitrogen and oxygen atoms in total. The monoisotopic (exact) mass is 370 g/mol. The minimum Gasteiger partial charge on any atom is -0.377 e. The predicted octanol–water partition coefficient (Wildman–Crippen LogP) is 3.66. The lowest BCUT2D eigenvalue weighted by atomic mass is 10.0. The van der Waals surface area contributed by atoms with Crippen molar-refractivity contribution in [2.75, 3.05) is 39.3 Å². The Morgan fingerprint density at radius 3 is 2.62 bits per heavy atom. The maximum Gasteiger partial charge on any atom is 0.264 e. The fourth-order valence-electron chi connectivity index (χ4n) is 3.79. The lowest BCUT2D eigenvalue weighted by molar-refractivity contribution is 0.0435. The summed E-state index contributed by atoms with van der Waals surface area (Å²) < 4.78 is 5.74. The molecule has 0 radical (unpaired) electrons. The molecule has 2 saturated heterocycles. The largest absolute Gasteiger partial charge is 0.377 e. The SMILES string of the molecule is Cc1ccc(-c2ccsc2C(=O)N2CCN(C[C@H]3CCCO3)CC2)cc1. The van der Waals surface area contributed by atoms with Crippen LogP contribution in [0.1, 0.15) is 28.1 Å². The minimum atomic E-state index is 0.173. The summed E-state index contributed by atoms with van der Waals surface area (Å²) in [5, 5.41) is 2.02. The highest BCUT2D eigenvalue weighted by Gasteiger charge is 2.27. The summed E-state index contributed by atoms with van der Waals surface area (Å²) in [6, 6.07) is 10.5. The van der Waals surface area contributed by atoms with Crippen molar-refractivity contribution in [1.82, 2.24) is 9.80 Å². The summed E-state index contributed by atoms with van der Waals surface area (Å²) in [5.74, 6) is 0.173. The van der Waals surface area contributed by atoms with Crippen LogP contribution in [0.5, 0.6) is 0 Å². The van der Waals surface area contributed by atoms with E-state index in [4.69, 9.17) is 4.74 Å². The molecule has 0 unspecified atom stereocenters. The van der Waals surface area contributed by atoms with Gasteiger partial charge in [-0.15, -0.1) is 11.3 Å². The fraction of sp³-hybridized carbons (Fsp3) is 0.476. The van der Waals surface area contributed by atoms with Gasteiger partial charge in [0.15, 0.2) is 0 Å². The van der Waals surface area contributed by atoms with Crippen molar-refractivity contribution in [3.05, 3.63) is 46.2 Å². The van der Waals surface area contributed by atoms with Crippen molar-refractivity contribution in [3.63, 3.8) is 0 Å². The van der Waals surface area contributed by atoms with Crippen molar-refractivity contribution in [1.29, 1.82) is 0 Å². The van der Waals surface area contributed by atoms with E-state index in [1.807, 2.05) is 10.3 Å². The summed E-state index contributed by atoms with van der Waals surface area (Å²) in [6.45, 7) is 7.49. The lowest BCUT2D eigenvalue weighted by Gasteiger charge is -2.35. The van der Waals surface area contributed by atoms with E-state index in [2.05, 4.69) is 42.2 Å². The van der Waals surface area contributed by atoms with E-state index in [9.17, 15) is 4.79 Å². The molecule has 0 N–H and O–H groups in total. The van der Waals surface area contributed by atoms with Crippen LogP contribution >= 0.6 is 11.3 Å². The maximum absolute atomic E-state index is 13.1. The third-order valence-corrected chi connectivity index (χ3v) is 6.27. The van der Waals surface area contributed by atoms with Crippen molar-refractivity contribution in [2.24, 2.45) is 0 Å². The smallest absolute Gasteiger partial charge is 0.264 e. The second kappa shape index (κ2) is 7.91. The molecule has 1 aromatic carbocycles. The molecule has 0 saturated carbocycles. The van der Waals surface area contributed by atoms with Crippen molar-refractivity contribution < 1.29 is 9.53 Å². The van der Waals surface area contributed by atoms with Crippen molar-refractivity contribution in [2.45, 2.75) is 25.9 Å². The number of carbonyl (C=O) groups is 1. The molecule has 2 aliphatic heterocycles. The molecule has 1 amide bonds. The first-order valence-electron chi connectivity index (χ1n) is 9.48. The number of thiophene rings is 1. The molecule has 138 valence electrons. The molecule has 4 rings (SSSR count). The van der Waals surface area contributed by atoms with E-state index in [-0.39, 0.29) is 5.91 Å². The van der Waals surface area contributed by atoms with Gasteiger partial charge in [-0.25, -0.2) is 0 Å². The Bertz CT molecular complexity index is 742. The molecule has 2 fully saturated rings. The third-order valence-electron chi connectivity index (χ3n) is 5.37. The number of piperazine rings is 1. The van der Waals surface area contributed by atoms with Crippen LogP contribution in [0.3, 0.4) is 0 Å². The summed E-state index contributed by atoms with van der Waals surface area (Å²) in [4.78, 5) is 18.4. The lowest BCUT2D eigenvalue weighted by Crippen LogP contribution is -2.50. The van der Waals surface area contributed by atoms with E-state index in [1.165, 1.54) is 18.4 Å². The topological polar surface area (TPSA) is 32.8 Å². The van der Waals surface area contributed by atoms with Gasteiger partial charge in [0.1, 0.15) is 0 Å². The Kier molecular flexibility index (Phi) is 5.38. The quantitative estimate of drug-likeness (QED) is 0.823. The van der Waals surface area contributed by atoms with Gasteiger partial charge >= 0.3 is 0 Å². The average Bonchev–Trinajstić information content (AvgIpc) is 3.34. The molecular weight excluding hydrogens is 344 g/mol. The highest BCUT2D eigenvalue weighted by atomic mass is 32.1. The standard InChI is InChI=1S/C21H26N2O2S/c1-16-4-6-17(7-5-16)19-8-14-26-20(19)21(24)23-11-9-22(10-12-23)15-18-3-2-13-25-18/h4-8,14,18H,2-3,9-13,15H2,1H3/t18-/m1/s1. The maximum atomic E-state index is 13.1. The van der Waals surface area contributed by atoms with Crippen LogP contribution in [0, 0.1) is 6.92 Å². The Balaban J connectivity index is 1.40. The fourth-order valence-corrected chi connectivity index (χ4v) is 4.67. The number of benzene rings is 1. The number of ether oxygens (including phenoxy) is 1. The molecule has 5 heteroatoms. The molecule has 1 aromatic heterocycles. The second-order valence-corrected chi connectivity index (χ2v) is 8.17. The molecule has 3 heterocycles. The first kappa shape index (κ1) is 17.7. The normalized spacial score (nSPS) is 21.3. The van der Waals surface area contributed by atoms with E-state index < -0.39 is 0 Å². The number of aryl methyl sites for hydroxylation is 1. The number of amides is 1. The molecule has 26 heavy (non-hydrogen) atoms. The highest BCUT2D eigenvalue weighted by Crippen LogP contribution is 2.30. The molecule has 0 spiro atoms. The Hall–Kier alpha value is -1.69. The van der Waals surface area contributed by atoms with Gasteiger partial charge in [-0.05, 0) is 36.8 Å². The zero-order valence-corrected chi connectivity index (χ0v) is 16.1. The van der Waals surface area contributed by atoms with Gasteiger partial charge in [0, 0.05) is 44.9 Å². The van der Waals surface area contributed by atoms with Crippen LogP contribution in [-0.2, 0) is 4.74 Å². The third kappa shape index (κ3) is 3.85. The van der Waals surface area contributed by atoms with Gasteiger partial charge in [-0.2, -0.15) is 0 Å². The minimum absolute atomic E-state index is 0.173. The zero-order chi connectivity index (χ0) is 17.9. The molecular formula is C21H26N2O2S. The summed E-state index contributed by atoms with van der Waals surface area (Å²) in [5.41, 5.74) is 3.42. The first-order valence-corrected chi connectivity index (χ1v) is 10.4. The second-order valence-electron chi connectivity index (χ2n) is 7.26. The van der Waals surface area contributed by atoms with Gasteiger partial charge in [-0.3, -0.25) is 9.69 Å². The Labute approximate surface area is 159 Å². The number of rotatable bonds is 4. The van der Waals surface area contributed by atoms with E-state index in [0.717, 1.165) is 55.3 Å². The highest BCUT2D eigenvalue weighted by molar-refractivity contribution is 7.12. The van der Waals surface area contributed by atoms with Gasteiger partial charge in [0.25, 0.3) is 5.91 Å². The predicted molar refractivity (Wildman–Crippen MR) is 106 cm³/mol. The average molecular weight is 371 g/mol. The van der Waals surface area contributed by atoms with Crippen LogP contribution in [0.15, 0.2) is 35.7 Å². The molecule has 2 aromatic rings. The van der Waals surface area contributed by atoms with Gasteiger partial charge in [0.05, 0.1) is 11.0 Å². The van der Waals surface area contributed by atoms with Crippen molar-refractivity contribution >= 4 is 17.2 Å². The van der Waals surface area contributed by atoms with Crippen LogP contribution in [0.25, 0.3) is 11.1 Å². The molecule has 0 bridgehead atoms. The summed E-state index contributed by atoms with van der Waals surface area (Å²) >= 11 is 1.55. The number of hydrogen-bond acceptors (Lipinski definition) is 4. The van der Waals surface area contributed by atoms with Crippen LogP contribution in [0.4, 0.5) is 0 Å². The molecule has 0 aliphatic carbocycles. The van der Waals surface area contributed by atoms with Crippen LogP contribution in [-0.4, -0.2) is 61.1 Å². The zero-order valence-electron chi connectivity index (χ0n) is 15.3. The van der Waals surface area contributed by atoms with Crippen molar-refractivity contribution in [3.8, 4) is 11.1 Å². The van der Waals surface area contributed by atoms with E-state index in [0.29, 0.717) is 6.10 Å².